The lowest BCUT2D eigenvalue weighted by molar-refractivity contribution is 0.0711. The molecule has 1 aromatic heterocycles. The van der Waals surface area contributed by atoms with E-state index in [1.165, 1.54) is 0 Å². The van der Waals surface area contributed by atoms with Crippen molar-refractivity contribution in [3.63, 3.8) is 0 Å². The molecule has 1 N–H and O–H groups in total. The standard InChI is InChI=1S/C24H28N4O3S/c29-24(19-8-10-20(11-9-19)32(30,31)28-14-4-1-5-15-28)27-16-12-18(13-17-27)23-25-21-6-2-3-7-22(21)26-23/h2-3,6-11,18H,1,4-5,12-17H2,(H,25,26). The first-order chi connectivity index (χ1) is 15.5. The fourth-order valence-corrected chi connectivity index (χ4v) is 6.25. The van der Waals surface area contributed by atoms with Gasteiger partial charge < -0.3 is 9.88 Å². The third-order valence-corrected chi connectivity index (χ3v) is 8.54. The van der Waals surface area contributed by atoms with Crippen LogP contribution in [0, 0.1) is 0 Å². The smallest absolute Gasteiger partial charge is 0.253 e. The fourth-order valence-electron chi connectivity index (χ4n) is 4.73. The molecule has 0 unspecified atom stereocenters. The van der Waals surface area contributed by atoms with Crippen LogP contribution < -0.4 is 0 Å². The molecule has 0 radical (unpaired) electrons. The molecule has 2 aliphatic heterocycles. The summed E-state index contributed by atoms with van der Waals surface area (Å²) in [5.41, 5.74) is 2.55. The van der Waals surface area contributed by atoms with Crippen molar-refractivity contribution < 1.29 is 13.2 Å². The van der Waals surface area contributed by atoms with E-state index < -0.39 is 10.0 Å². The van der Waals surface area contributed by atoms with Crippen molar-refractivity contribution in [1.29, 1.82) is 0 Å². The lowest BCUT2D eigenvalue weighted by Gasteiger charge is -2.31. The van der Waals surface area contributed by atoms with E-state index in [1.807, 2.05) is 29.2 Å². The Morgan fingerprint density at radius 2 is 1.59 bits per heavy atom. The minimum Gasteiger partial charge on any atom is -0.342 e. The lowest BCUT2D eigenvalue weighted by atomic mass is 9.95. The third-order valence-electron chi connectivity index (χ3n) is 6.63. The number of likely N-dealkylation sites (tertiary alicyclic amines) is 1. The summed E-state index contributed by atoms with van der Waals surface area (Å²) in [4.78, 5) is 23.2. The van der Waals surface area contributed by atoms with Crippen LogP contribution in [0.15, 0.2) is 53.4 Å². The van der Waals surface area contributed by atoms with Crippen molar-refractivity contribution in [1.82, 2.24) is 19.2 Å². The Labute approximate surface area is 188 Å². The van der Waals surface area contributed by atoms with E-state index in [-0.39, 0.29) is 10.8 Å². The number of H-pyrrole nitrogens is 1. The molecule has 0 bridgehead atoms. The Balaban J connectivity index is 1.23. The number of hydrogen-bond donors (Lipinski definition) is 1. The normalized spacial score (nSPS) is 18.8. The van der Waals surface area contributed by atoms with Gasteiger partial charge in [0.05, 0.1) is 15.9 Å². The maximum atomic E-state index is 13.0. The van der Waals surface area contributed by atoms with Crippen LogP contribution in [-0.2, 0) is 10.0 Å². The summed E-state index contributed by atoms with van der Waals surface area (Å²) >= 11 is 0. The molecule has 3 aromatic rings. The van der Waals surface area contributed by atoms with Gasteiger partial charge in [0.25, 0.3) is 5.91 Å². The number of aromatic amines is 1. The van der Waals surface area contributed by atoms with Gasteiger partial charge in [-0.3, -0.25) is 4.79 Å². The summed E-state index contributed by atoms with van der Waals surface area (Å²) < 4.78 is 27.2. The zero-order valence-corrected chi connectivity index (χ0v) is 18.9. The van der Waals surface area contributed by atoms with Crippen molar-refractivity contribution in [3.05, 3.63) is 59.9 Å². The topological polar surface area (TPSA) is 86.4 Å². The molecule has 0 atom stereocenters. The Hall–Kier alpha value is -2.71. The molecule has 1 amide bonds. The summed E-state index contributed by atoms with van der Waals surface area (Å²) in [5.74, 6) is 1.25. The number of imidazole rings is 1. The average Bonchev–Trinajstić information content (AvgIpc) is 3.29. The predicted octanol–water partition coefficient (Wildman–Crippen LogP) is 3.76. The average molecular weight is 453 g/mol. The summed E-state index contributed by atoms with van der Waals surface area (Å²) in [6.07, 6.45) is 4.59. The molecule has 2 saturated heterocycles. The van der Waals surface area contributed by atoms with E-state index >= 15 is 0 Å². The van der Waals surface area contributed by atoms with E-state index in [9.17, 15) is 13.2 Å². The van der Waals surface area contributed by atoms with E-state index in [0.29, 0.717) is 37.7 Å². The maximum absolute atomic E-state index is 13.0. The highest BCUT2D eigenvalue weighted by molar-refractivity contribution is 7.89. The Bertz CT molecular complexity index is 1170. The van der Waals surface area contributed by atoms with Crippen LogP contribution >= 0.6 is 0 Å². The second-order valence-electron chi connectivity index (χ2n) is 8.69. The lowest BCUT2D eigenvalue weighted by Crippen LogP contribution is -2.38. The number of sulfonamides is 1. The number of benzene rings is 2. The number of nitrogens with zero attached hydrogens (tertiary/aromatic N) is 3. The van der Waals surface area contributed by atoms with Crippen molar-refractivity contribution in [2.75, 3.05) is 26.2 Å². The number of fused-ring (bicyclic) bond motifs is 1. The first-order valence-corrected chi connectivity index (χ1v) is 12.8. The van der Waals surface area contributed by atoms with Crippen molar-refractivity contribution in [2.24, 2.45) is 0 Å². The van der Waals surface area contributed by atoms with E-state index in [4.69, 9.17) is 4.98 Å². The van der Waals surface area contributed by atoms with Gasteiger partial charge in [0.1, 0.15) is 5.82 Å². The summed E-state index contributed by atoms with van der Waals surface area (Å²) in [7, 11) is -3.48. The maximum Gasteiger partial charge on any atom is 0.253 e. The minimum absolute atomic E-state index is 0.0463. The molecule has 2 fully saturated rings. The van der Waals surface area contributed by atoms with Crippen LogP contribution in [0.5, 0.6) is 0 Å². The van der Waals surface area contributed by atoms with Crippen LogP contribution in [0.3, 0.4) is 0 Å². The summed E-state index contributed by atoms with van der Waals surface area (Å²) in [6.45, 7) is 2.47. The molecule has 2 aromatic carbocycles. The van der Waals surface area contributed by atoms with Gasteiger partial charge in [-0.25, -0.2) is 13.4 Å². The van der Waals surface area contributed by atoms with Gasteiger partial charge in [0.15, 0.2) is 0 Å². The number of aromatic nitrogens is 2. The number of carbonyl (C=O) groups excluding carboxylic acids is 1. The number of nitrogens with one attached hydrogen (secondary N) is 1. The molecule has 5 rings (SSSR count). The zero-order chi connectivity index (χ0) is 22.1. The number of para-hydroxylation sites is 2. The van der Waals surface area contributed by atoms with Crippen LogP contribution in [-0.4, -0.2) is 59.7 Å². The Morgan fingerprint density at radius 1 is 0.906 bits per heavy atom. The SMILES string of the molecule is O=C(c1ccc(S(=O)(=O)N2CCCCC2)cc1)N1CCC(c2nc3ccccc3[nH]2)CC1. The van der Waals surface area contributed by atoms with Gasteiger partial charge in [-0.2, -0.15) is 4.31 Å². The summed E-state index contributed by atoms with van der Waals surface area (Å²) in [5, 5.41) is 0. The second kappa shape index (κ2) is 8.67. The molecule has 3 heterocycles. The first kappa shape index (κ1) is 21.2. The van der Waals surface area contributed by atoms with Crippen LogP contribution in [0.2, 0.25) is 0 Å². The molecule has 8 heteroatoms. The number of rotatable bonds is 4. The molecule has 7 nitrogen and oxygen atoms in total. The number of piperidine rings is 2. The number of amides is 1. The van der Waals surface area contributed by atoms with Gasteiger partial charge in [-0.1, -0.05) is 18.6 Å². The van der Waals surface area contributed by atoms with E-state index in [0.717, 1.165) is 49.0 Å². The highest BCUT2D eigenvalue weighted by Gasteiger charge is 2.28. The van der Waals surface area contributed by atoms with Crippen molar-refractivity contribution in [2.45, 2.75) is 42.9 Å². The Morgan fingerprint density at radius 3 is 2.28 bits per heavy atom. The minimum atomic E-state index is -3.48. The van der Waals surface area contributed by atoms with Crippen molar-refractivity contribution >= 4 is 27.0 Å². The first-order valence-electron chi connectivity index (χ1n) is 11.4. The van der Waals surface area contributed by atoms with Gasteiger partial charge >= 0.3 is 0 Å². The molecule has 32 heavy (non-hydrogen) atoms. The molecule has 2 aliphatic rings. The van der Waals surface area contributed by atoms with Gasteiger partial charge in [0, 0.05) is 37.7 Å². The molecular weight excluding hydrogens is 424 g/mol. The third kappa shape index (κ3) is 4.04. The summed E-state index contributed by atoms with van der Waals surface area (Å²) in [6, 6.07) is 14.4. The van der Waals surface area contributed by atoms with Gasteiger partial charge in [-0.15, -0.1) is 0 Å². The van der Waals surface area contributed by atoms with Gasteiger partial charge in [-0.05, 0) is 62.1 Å². The predicted molar refractivity (Wildman–Crippen MR) is 123 cm³/mol. The highest BCUT2D eigenvalue weighted by Crippen LogP contribution is 2.29. The van der Waals surface area contributed by atoms with E-state index in [1.54, 1.807) is 28.6 Å². The molecule has 0 aliphatic carbocycles. The van der Waals surface area contributed by atoms with Gasteiger partial charge in [0.2, 0.25) is 10.0 Å². The Kier molecular flexibility index (Phi) is 5.73. The molecular formula is C24H28N4O3S. The monoisotopic (exact) mass is 452 g/mol. The number of hydrogen-bond acceptors (Lipinski definition) is 4. The number of carbonyl (C=O) groups is 1. The zero-order valence-electron chi connectivity index (χ0n) is 18.0. The molecule has 0 saturated carbocycles. The highest BCUT2D eigenvalue weighted by atomic mass is 32.2. The van der Waals surface area contributed by atoms with E-state index in [2.05, 4.69) is 4.98 Å². The second-order valence-corrected chi connectivity index (χ2v) is 10.6. The molecule has 168 valence electrons. The van der Waals surface area contributed by atoms with Crippen LogP contribution in [0.4, 0.5) is 0 Å². The van der Waals surface area contributed by atoms with Crippen LogP contribution in [0.25, 0.3) is 11.0 Å². The van der Waals surface area contributed by atoms with Crippen molar-refractivity contribution in [3.8, 4) is 0 Å². The van der Waals surface area contributed by atoms with Crippen LogP contribution in [0.1, 0.15) is 54.2 Å². The fraction of sp³-hybridized carbons (Fsp3) is 0.417. The molecule has 0 spiro atoms. The quantitative estimate of drug-likeness (QED) is 0.653. The largest absolute Gasteiger partial charge is 0.342 e.